The summed E-state index contributed by atoms with van der Waals surface area (Å²) < 4.78 is 11.7. The van der Waals surface area contributed by atoms with Gasteiger partial charge in [0.25, 0.3) is 0 Å². The maximum Gasteiger partial charge on any atom is 0.333 e. The molecule has 0 N–H and O–H groups in total. The molecule has 322 valence electrons. The first-order valence-electron chi connectivity index (χ1n) is 23.9. The van der Waals surface area contributed by atoms with Crippen LogP contribution in [0.25, 0.3) is 99.8 Å². The van der Waals surface area contributed by atoms with Gasteiger partial charge in [-0.15, -0.1) is 0 Å². The number of imidazole rings is 1. The van der Waals surface area contributed by atoms with Crippen molar-refractivity contribution in [2.24, 2.45) is 0 Å². The van der Waals surface area contributed by atoms with Crippen molar-refractivity contribution in [3.8, 4) is 45.0 Å². The highest BCUT2D eigenvalue weighted by Crippen LogP contribution is 2.53. The molecule has 15 rings (SSSR count). The maximum absolute atomic E-state index is 6.68. The normalized spacial score (nSPS) is 14.3. The number of rotatable bonds is 3. The lowest BCUT2D eigenvalue weighted by Crippen LogP contribution is -2.60. The molecule has 0 bridgehead atoms. The molecule has 0 saturated heterocycles. The quantitative estimate of drug-likeness (QED) is 0.166. The van der Waals surface area contributed by atoms with E-state index in [4.69, 9.17) is 9.40 Å². The van der Waals surface area contributed by atoms with Crippen LogP contribution in [0.1, 0.15) is 51.3 Å². The maximum atomic E-state index is 6.68. The number of benzene rings is 9. The minimum absolute atomic E-state index is 0.00631. The Bertz CT molecular complexity index is 4150. The van der Waals surface area contributed by atoms with Gasteiger partial charge in [-0.1, -0.05) is 150 Å². The number of anilines is 2. The van der Waals surface area contributed by atoms with Crippen LogP contribution in [0.3, 0.4) is 0 Å². The van der Waals surface area contributed by atoms with Gasteiger partial charge in [-0.2, -0.15) is 0 Å². The topological polar surface area (TPSA) is 39.1 Å². The van der Waals surface area contributed by atoms with Crippen LogP contribution < -0.4 is 15.7 Å². The van der Waals surface area contributed by atoms with Crippen molar-refractivity contribution < 1.29 is 4.42 Å². The van der Waals surface area contributed by atoms with Crippen molar-refractivity contribution >= 4 is 83.9 Å². The van der Waals surface area contributed by atoms with E-state index < -0.39 is 0 Å². The Balaban J connectivity index is 1.11. The third-order valence-electron chi connectivity index (χ3n) is 15.6. The molecule has 0 saturated carbocycles. The van der Waals surface area contributed by atoms with Crippen molar-refractivity contribution in [1.82, 2.24) is 14.1 Å². The first-order chi connectivity index (χ1) is 33.1. The summed E-state index contributed by atoms with van der Waals surface area (Å²) in [6.07, 6.45) is 0. The highest BCUT2D eigenvalue weighted by atomic mass is 16.3. The fourth-order valence-corrected chi connectivity index (χ4v) is 12.4. The summed E-state index contributed by atoms with van der Waals surface area (Å²) in [5.41, 5.74) is 23.4. The Morgan fingerprint density at radius 1 is 0.515 bits per heavy atom. The lowest BCUT2D eigenvalue weighted by atomic mass is 9.44. The number of aromatic nitrogens is 3. The largest absolute Gasteiger partial charge is 0.456 e. The van der Waals surface area contributed by atoms with Crippen LogP contribution in [0.5, 0.6) is 0 Å². The SMILES string of the molecule is CC(C)(C)c1ccc(N2B3c4cc5nc(-c6ccccc6)n(-c6ccccc6)c5cc4-n4c5cc6c(cc5c5ccc(c3c54)-c3cc4oc5ccccc5c4cc32)-c2ccccc2C6(C)C)cc1. The van der Waals surface area contributed by atoms with Crippen LogP contribution in [0.2, 0.25) is 0 Å². The summed E-state index contributed by atoms with van der Waals surface area (Å²) in [7, 11) is 0. The predicted octanol–water partition coefficient (Wildman–Crippen LogP) is 14.5. The summed E-state index contributed by atoms with van der Waals surface area (Å²) in [6.45, 7) is 11.5. The molecule has 2 aliphatic heterocycles. The third-order valence-corrected chi connectivity index (χ3v) is 15.6. The van der Waals surface area contributed by atoms with Gasteiger partial charge in [0.05, 0.1) is 22.1 Å². The van der Waals surface area contributed by atoms with E-state index in [2.05, 4.69) is 231 Å². The van der Waals surface area contributed by atoms with Crippen molar-refractivity contribution in [2.45, 2.75) is 45.4 Å². The Hall–Kier alpha value is -8.09. The first-order valence-corrected chi connectivity index (χ1v) is 23.9. The zero-order valence-electron chi connectivity index (χ0n) is 38.6. The summed E-state index contributed by atoms with van der Waals surface area (Å²) >= 11 is 0. The number of para-hydroxylation sites is 2. The van der Waals surface area contributed by atoms with Gasteiger partial charge >= 0.3 is 6.85 Å². The Morgan fingerprint density at radius 3 is 2.07 bits per heavy atom. The fourth-order valence-electron chi connectivity index (χ4n) is 12.4. The molecule has 3 aromatic heterocycles. The fraction of sp³-hybridized carbons (Fsp3) is 0.113. The molecule has 0 fully saturated rings. The summed E-state index contributed by atoms with van der Waals surface area (Å²) in [4.78, 5) is 8.22. The smallest absolute Gasteiger partial charge is 0.333 e. The van der Waals surface area contributed by atoms with Crippen LogP contribution in [0.15, 0.2) is 186 Å². The van der Waals surface area contributed by atoms with E-state index in [1.54, 1.807) is 0 Å². The van der Waals surface area contributed by atoms with E-state index >= 15 is 0 Å². The number of hydrogen-bond donors (Lipinski definition) is 0. The number of fused-ring (bicyclic) bond motifs is 15. The van der Waals surface area contributed by atoms with Gasteiger partial charge in [-0.05, 0) is 116 Å². The van der Waals surface area contributed by atoms with Crippen molar-refractivity contribution in [3.05, 3.63) is 199 Å². The minimum atomic E-state index is -0.181. The number of hydrogen-bond acceptors (Lipinski definition) is 3. The average molecular weight is 873 g/mol. The molecule has 6 heteroatoms. The van der Waals surface area contributed by atoms with Crippen LogP contribution in [-0.2, 0) is 10.8 Å². The van der Waals surface area contributed by atoms with Gasteiger partial charge in [-0.25, -0.2) is 4.98 Å². The highest BCUT2D eigenvalue weighted by Gasteiger charge is 2.45. The lowest BCUT2D eigenvalue weighted by molar-refractivity contribution is 0.590. The van der Waals surface area contributed by atoms with E-state index in [0.29, 0.717) is 0 Å². The Kier molecular flexibility index (Phi) is 7.32. The molecule has 3 aliphatic rings. The molecule has 0 atom stereocenters. The van der Waals surface area contributed by atoms with Crippen LogP contribution in [0.4, 0.5) is 11.4 Å². The molecule has 12 aromatic rings. The molecule has 0 spiro atoms. The molecule has 5 nitrogen and oxygen atoms in total. The molecule has 0 radical (unpaired) electrons. The summed E-state index contributed by atoms with van der Waals surface area (Å²) in [6, 6.07) is 67.5. The summed E-state index contributed by atoms with van der Waals surface area (Å²) in [5, 5.41) is 4.77. The first kappa shape index (κ1) is 38.1. The van der Waals surface area contributed by atoms with Crippen molar-refractivity contribution in [1.29, 1.82) is 0 Å². The Morgan fingerprint density at radius 2 is 1.26 bits per heavy atom. The summed E-state index contributed by atoms with van der Waals surface area (Å²) in [5.74, 6) is 0.921. The predicted molar refractivity (Wildman–Crippen MR) is 283 cm³/mol. The molecule has 9 aromatic carbocycles. The van der Waals surface area contributed by atoms with Crippen molar-refractivity contribution in [2.75, 3.05) is 4.81 Å². The molecule has 5 heterocycles. The number of nitrogens with zero attached hydrogens (tertiary/aromatic N) is 4. The zero-order chi connectivity index (χ0) is 45.4. The molecular formula is C62H45BN4O. The molecule has 0 amide bonds. The highest BCUT2D eigenvalue weighted by molar-refractivity contribution is 6.94. The Labute approximate surface area is 394 Å². The van der Waals surface area contributed by atoms with Gasteiger partial charge in [0.2, 0.25) is 0 Å². The minimum Gasteiger partial charge on any atom is -0.456 e. The van der Waals surface area contributed by atoms with Crippen molar-refractivity contribution in [3.63, 3.8) is 0 Å². The lowest BCUT2D eigenvalue weighted by Gasteiger charge is -2.42. The second-order valence-corrected chi connectivity index (χ2v) is 20.7. The van der Waals surface area contributed by atoms with E-state index in [-0.39, 0.29) is 17.7 Å². The van der Waals surface area contributed by atoms with E-state index in [1.807, 2.05) is 0 Å². The third kappa shape index (κ3) is 4.94. The van der Waals surface area contributed by atoms with Crippen LogP contribution in [-0.4, -0.2) is 21.0 Å². The second kappa shape index (κ2) is 13.1. The van der Waals surface area contributed by atoms with E-state index in [1.165, 1.54) is 77.4 Å². The van der Waals surface area contributed by atoms with Gasteiger partial charge < -0.3 is 13.8 Å². The van der Waals surface area contributed by atoms with Crippen LogP contribution in [0, 0.1) is 0 Å². The van der Waals surface area contributed by atoms with Gasteiger partial charge in [0.15, 0.2) is 0 Å². The van der Waals surface area contributed by atoms with Gasteiger partial charge in [-0.3, -0.25) is 4.57 Å². The monoisotopic (exact) mass is 872 g/mol. The number of furan rings is 1. The molecule has 1 aliphatic carbocycles. The van der Waals surface area contributed by atoms with Gasteiger partial charge in [0.1, 0.15) is 17.0 Å². The van der Waals surface area contributed by atoms with E-state index in [0.717, 1.165) is 61.4 Å². The molecule has 68 heavy (non-hydrogen) atoms. The van der Waals surface area contributed by atoms with Crippen LogP contribution >= 0.6 is 0 Å². The average Bonchev–Trinajstić information content (AvgIpc) is 4.08. The molecule has 0 unspecified atom stereocenters. The molecular weight excluding hydrogens is 828 g/mol. The van der Waals surface area contributed by atoms with Gasteiger partial charge in [0, 0.05) is 60.8 Å². The second-order valence-electron chi connectivity index (χ2n) is 20.7. The standard InChI is InChI=1S/C62H45BN4O/c1-61(2,3)37-24-26-39(27-25-37)67-53-31-47-41-21-13-15-23-56(41)68-57(47)32-46(53)42-28-29-43-45-30-44-40-20-12-14-22-48(40)62(4,5)49(44)33-52(45)66-54-35-55-51(34-50(54)63(67)58(42)59(43)66)64-60(36-16-8-6-9-17-36)65(55)38-18-10-7-11-19-38/h6-35H,1-5H3. The van der Waals surface area contributed by atoms with E-state index in [9.17, 15) is 0 Å². The zero-order valence-corrected chi connectivity index (χ0v) is 38.6.